The minimum atomic E-state index is -0.755. The Labute approximate surface area is 147 Å². The van der Waals surface area contributed by atoms with Crippen LogP contribution in [0.1, 0.15) is 24.4 Å². The highest BCUT2D eigenvalue weighted by Crippen LogP contribution is 2.33. The SMILES string of the molecule is Cc1cc(-c2csc3nc(C)n(C(C)C(N)=O)c(=O)c23)ccc1Cl. The summed E-state index contributed by atoms with van der Waals surface area (Å²) in [4.78, 5) is 29.7. The van der Waals surface area contributed by atoms with Gasteiger partial charge in [0.1, 0.15) is 16.7 Å². The predicted molar refractivity (Wildman–Crippen MR) is 97.7 cm³/mol. The number of carbonyl (C=O) groups is 1. The normalized spacial score (nSPS) is 12.5. The van der Waals surface area contributed by atoms with Gasteiger partial charge < -0.3 is 5.73 Å². The summed E-state index contributed by atoms with van der Waals surface area (Å²) in [5, 5.41) is 3.08. The molecule has 0 aliphatic rings. The van der Waals surface area contributed by atoms with E-state index < -0.39 is 11.9 Å². The maximum atomic E-state index is 13.0. The number of halogens is 1. The fraction of sp³-hybridized carbons (Fsp3) is 0.235. The minimum Gasteiger partial charge on any atom is -0.368 e. The number of hydrogen-bond donors (Lipinski definition) is 1. The van der Waals surface area contributed by atoms with E-state index in [0.29, 0.717) is 21.1 Å². The highest BCUT2D eigenvalue weighted by atomic mass is 35.5. The molecule has 0 aliphatic heterocycles. The van der Waals surface area contributed by atoms with Crippen molar-refractivity contribution in [2.75, 3.05) is 0 Å². The number of carbonyl (C=O) groups excluding carboxylic acids is 1. The fourth-order valence-corrected chi connectivity index (χ4v) is 3.81. The first kappa shape index (κ1) is 16.7. The molecule has 7 heteroatoms. The maximum absolute atomic E-state index is 13.0. The van der Waals surface area contributed by atoms with E-state index in [2.05, 4.69) is 4.98 Å². The molecule has 2 N–H and O–H groups in total. The van der Waals surface area contributed by atoms with Crippen LogP contribution in [0.2, 0.25) is 5.02 Å². The summed E-state index contributed by atoms with van der Waals surface area (Å²) in [7, 11) is 0. The number of aryl methyl sites for hydroxylation is 2. The van der Waals surface area contributed by atoms with E-state index in [-0.39, 0.29) is 5.56 Å². The van der Waals surface area contributed by atoms with E-state index in [1.54, 1.807) is 13.8 Å². The second-order valence-corrected chi connectivity index (χ2v) is 6.97. The number of thiophene rings is 1. The molecule has 1 aromatic carbocycles. The van der Waals surface area contributed by atoms with Gasteiger partial charge in [0.25, 0.3) is 5.56 Å². The lowest BCUT2D eigenvalue weighted by molar-refractivity contribution is -0.120. The Hall–Kier alpha value is -2.18. The number of nitrogens with two attached hydrogens (primary N) is 1. The van der Waals surface area contributed by atoms with Crippen LogP contribution in [0.15, 0.2) is 28.4 Å². The first-order valence-corrected chi connectivity index (χ1v) is 8.63. The van der Waals surface area contributed by atoms with Crippen molar-refractivity contribution in [1.29, 1.82) is 0 Å². The molecule has 0 aliphatic carbocycles. The molecular weight excluding hydrogens is 346 g/mol. The molecule has 2 heterocycles. The minimum absolute atomic E-state index is 0.257. The standard InChI is InChI=1S/C17H16ClN3O2S/c1-8-6-11(4-5-13(8)18)12-7-24-16-14(12)17(23)21(10(3)20-16)9(2)15(19)22/h4-7,9H,1-3H3,(H2,19,22). The third kappa shape index (κ3) is 2.61. The molecule has 0 radical (unpaired) electrons. The lowest BCUT2D eigenvalue weighted by Crippen LogP contribution is -2.34. The third-order valence-electron chi connectivity index (χ3n) is 4.08. The number of hydrogen-bond acceptors (Lipinski definition) is 4. The van der Waals surface area contributed by atoms with Gasteiger partial charge in [-0.3, -0.25) is 14.2 Å². The Morgan fingerprint density at radius 1 is 1.38 bits per heavy atom. The average molecular weight is 362 g/mol. The van der Waals surface area contributed by atoms with E-state index in [0.717, 1.165) is 16.7 Å². The molecule has 0 bridgehead atoms. The zero-order valence-corrected chi connectivity index (χ0v) is 15.0. The molecule has 0 saturated heterocycles. The quantitative estimate of drug-likeness (QED) is 0.776. The van der Waals surface area contributed by atoms with Crippen LogP contribution >= 0.6 is 22.9 Å². The highest BCUT2D eigenvalue weighted by Gasteiger charge is 2.21. The molecular formula is C17H16ClN3O2S. The number of aromatic nitrogens is 2. The first-order valence-electron chi connectivity index (χ1n) is 7.37. The van der Waals surface area contributed by atoms with Gasteiger partial charge in [-0.25, -0.2) is 4.98 Å². The monoisotopic (exact) mass is 361 g/mol. The number of primary amides is 1. The molecule has 5 nitrogen and oxygen atoms in total. The number of fused-ring (bicyclic) bond motifs is 1. The van der Waals surface area contributed by atoms with Crippen LogP contribution in [-0.2, 0) is 4.79 Å². The van der Waals surface area contributed by atoms with Gasteiger partial charge in [0, 0.05) is 16.0 Å². The topological polar surface area (TPSA) is 78.0 Å². The third-order valence-corrected chi connectivity index (χ3v) is 5.38. The Morgan fingerprint density at radius 2 is 2.08 bits per heavy atom. The summed E-state index contributed by atoms with van der Waals surface area (Å²) in [6.07, 6.45) is 0. The van der Waals surface area contributed by atoms with Crippen LogP contribution in [0.5, 0.6) is 0 Å². The van der Waals surface area contributed by atoms with Gasteiger partial charge in [0.15, 0.2) is 0 Å². The zero-order valence-electron chi connectivity index (χ0n) is 13.5. The van der Waals surface area contributed by atoms with Crippen LogP contribution < -0.4 is 11.3 Å². The van der Waals surface area contributed by atoms with Crippen molar-refractivity contribution < 1.29 is 4.79 Å². The molecule has 0 spiro atoms. The molecule has 0 fully saturated rings. The zero-order chi connectivity index (χ0) is 17.6. The molecule has 124 valence electrons. The second kappa shape index (κ2) is 6.03. The molecule has 1 unspecified atom stereocenters. The molecule has 3 rings (SSSR count). The number of benzene rings is 1. The van der Waals surface area contributed by atoms with Gasteiger partial charge in [0.2, 0.25) is 5.91 Å². The Bertz CT molecular complexity index is 1020. The van der Waals surface area contributed by atoms with Gasteiger partial charge in [-0.15, -0.1) is 11.3 Å². The number of rotatable bonds is 3. The van der Waals surface area contributed by atoms with Crippen molar-refractivity contribution in [3.05, 3.63) is 50.3 Å². The van der Waals surface area contributed by atoms with Crippen molar-refractivity contribution >= 4 is 39.1 Å². The summed E-state index contributed by atoms with van der Waals surface area (Å²) in [6.45, 7) is 5.21. The van der Waals surface area contributed by atoms with Crippen molar-refractivity contribution in [3.8, 4) is 11.1 Å². The Balaban J connectivity index is 2.32. The van der Waals surface area contributed by atoms with E-state index in [1.165, 1.54) is 15.9 Å². The lowest BCUT2D eigenvalue weighted by atomic mass is 10.0. The Kier molecular flexibility index (Phi) is 4.19. The van der Waals surface area contributed by atoms with Crippen molar-refractivity contribution in [1.82, 2.24) is 9.55 Å². The van der Waals surface area contributed by atoms with E-state index in [9.17, 15) is 9.59 Å². The van der Waals surface area contributed by atoms with E-state index in [4.69, 9.17) is 17.3 Å². The maximum Gasteiger partial charge on any atom is 0.263 e. The molecule has 1 atom stereocenters. The van der Waals surface area contributed by atoms with Gasteiger partial charge in [-0.1, -0.05) is 17.7 Å². The molecule has 24 heavy (non-hydrogen) atoms. The van der Waals surface area contributed by atoms with Gasteiger partial charge in [-0.2, -0.15) is 0 Å². The summed E-state index contributed by atoms with van der Waals surface area (Å²) in [6, 6.07) is 4.86. The second-order valence-electron chi connectivity index (χ2n) is 5.71. The largest absolute Gasteiger partial charge is 0.368 e. The number of nitrogens with zero attached hydrogens (tertiary/aromatic N) is 2. The van der Waals surface area contributed by atoms with Crippen molar-refractivity contribution in [2.24, 2.45) is 5.73 Å². The smallest absolute Gasteiger partial charge is 0.263 e. The summed E-state index contributed by atoms with van der Waals surface area (Å²) < 4.78 is 1.35. The molecule has 0 saturated carbocycles. The Morgan fingerprint density at radius 3 is 2.71 bits per heavy atom. The predicted octanol–water partition coefficient (Wildman–Crippen LogP) is 3.44. The number of amides is 1. The molecule has 1 amide bonds. The van der Waals surface area contributed by atoms with Crippen LogP contribution in [0.25, 0.3) is 21.3 Å². The fourth-order valence-electron chi connectivity index (χ4n) is 2.71. The lowest BCUT2D eigenvalue weighted by Gasteiger charge is -2.14. The summed E-state index contributed by atoms with van der Waals surface area (Å²) in [5.41, 5.74) is 7.73. The summed E-state index contributed by atoms with van der Waals surface area (Å²) >= 11 is 7.49. The molecule has 2 aromatic heterocycles. The van der Waals surface area contributed by atoms with Crippen LogP contribution in [-0.4, -0.2) is 15.5 Å². The van der Waals surface area contributed by atoms with Gasteiger partial charge >= 0.3 is 0 Å². The summed E-state index contributed by atoms with van der Waals surface area (Å²) in [5.74, 6) is -0.0973. The van der Waals surface area contributed by atoms with Crippen molar-refractivity contribution in [2.45, 2.75) is 26.8 Å². The van der Waals surface area contributed by atoms with Gasteiger partial charge in [-0.05, 0) is 44.0 Å². The van der Waals surface area contributed by atoms with E-state index in [1.807, 2.05) is 30.5 Å². The van der Waals surface area contributed by atoms with Crippen LogP contribution in [0.4, 0.5) is 0 Å². The van der Waals surface area contributed by atoms with Crippen LogP contribution in [0, 0.1) is 13.8 Å². The van der Waals surface area contributed by atoms with Crippen molar-refractivity contribution in [3.63, 3.8) is 0 Å². The van der Waals surface area contributed by atoms with Gasteiger partial charge in [0.05, 0.1) is 5.39 Å². The average Bonchev–Trinajstić information content (AvgIpc) is 2.93. The molecule has 3 aromatic rings. The van der Waals surface area contributed by atoms with Crippen LogP contribution in [0.3, 0.4) is 0 Å². The highest BCUT2D eigenvalue weighted by molar-refractivity contribution is 7.17. The first-order chi connectivity index (χ1) is 11.3. The van der Waals surface area contributed by atoms with E-state index >= 15 is 0 Å².